The van der Waals surface area contributed by atoms with Gasteiger partial charge in [-0.25, -0.2) is 4.98 Å². The van der Waals surface area contributed by atoms with E-state index in [4.69, 9.17) is 4.98 Å². The minimum atomic E-state index is 0.321. The first-order chi connectivity index (χ1) is 12.1. The van der Waals surface area contributed by atoms with Crippen LogP contribution >= 0.6 is 11.8 Å². The predicted molar refractivity (Wildman–Crippen MR) is 104 cm³/mol. The van der Waals surface area contributed by atoms with Crippen LogP contribution in [0.3, 0.4) is 0 Å². The monoisotopic (exact) mass is 363 g/mol. The molecule has 0 N–H and O–H groups in total. The number of unbranched alkanes of at least 4 members (excludes halogenated alkanes) is 1. The fourth-order valence-corrected chi connectivity index (χ4v) is 5.46. The molecule has 140 valence electrons. The Morgan fingerprint density at radius 3 is 2.76 bits per heavy atom. The van der Waals surface area contributed by atoms with Gasteiger partial charge in [-0.3, -0.25) is 4.79 Å². The van der Waals surface area contributed by atoms with Crippen molar-refractivity contribution in [3.63, 3.8) is 0 Å². The van der Waals surface area contributed by atoms with Gasteiger partial charge in [0, 0.05) is 24.8 Å². The van der Waals surface area contributed by atoms with E-state index < -0.39 is 0 Å². The van der Waals surface area contributed by atoms with Crippen LogP contribution < -0.4 is 0 Å². The Labute approximate surface area is 156 Å². The number of hydrogen-bond donors (Lipinski definition) is 0. The van der Waals surface area contributed by atoms with Gasteiger partial charge in [0.1, 0.15) is 0 Å². The molecule has 1 aliphatic carbocycles. The third kappa shape index (κ3) is 4.24. The van der Waals surface area contributed by atoms with Gasteiger partial charge in [0.05, 0.1) is 11.4 Å². The second-order valence-corrected chi connectivity index (χ2v) is 8.64. The molecule has 4 nitrogen and oxygen atoms in total. The highest BCUT2D eigenvalue weighted by atomic mass is 32.2. The normalized spacial score (nSPS) is 23.6. The maximum atomic E-state index is 12.9. The summed E-state index contributed by atoms with van der Waals surface area (Å²) in [4.78, 5) is 19.8. The number of piperidine rings is 1. The number of amides is 1. The lowest BCUT2D eigenvalue weighted by molar-refractivity contribution is -0.134. The van der Waals surface area contributed by atoms with E-state index in [9.17, 15) is 4.79 Å². The van der Waals surface area contributed by atoms with Crippen molar-refractivity contribution in [3.05, 3.63) is 11.4 Å². The van der Waals surface area contributed by atoms with Crippen LogP contribution in [0.2, 0.25) is 0 Å². The van der Waals surface area contributed by atoms with Gasteiger partial charge in [-0.2, -0.15) is 0 Å². The lowest BCUT2D eigenvalue weighted by Gasteiger charge is -2.44. The van der Waals surface area contributed by atoms with E-state index in [-0.39, 0.29) is 0 Å². The van der Waals surface area contributed by atoms with Crippen LogP contribution in [0.25, 0.3) is 0 Å². The van der Waals surface area contributed by atoms with Crippen molar-refractivity contribution < 1.29 is 4.79 Å². The molecule has 2 heterocycles. The Hall–Kier alpha value is -0.970. The summed E-state index contributed by atoms with van der Waals surface area (Å²) in [6.45, 7) is 8.39. The van der Waals surface area contributed by atoms with E-state index in [1.165, 1.54) is 50.6 Å². The number of carbonyl (C=O) groups is 1. The standard InChI is InChI=1S/C20H33N3OS/c1-4-5-12-22-16(3)15(2)21-20(22)25-14-19(24)23-13-8-10-17-9-6-7-11-18(17)23/h17-18H,4-14H2,1-3H3. The Balaban J connectivity index is 1.63. The summed E-state index contributed by atoms with van der Waals surface area (Å²) < 4.78 is 2.30. The number of rotatable bonds is 6. The van der Waals surface area contributed by atoms with Gasteiger partial charge in [-0.05, 0) is 51.9 Å². The summed E-state index contributed by atoms with van der Waals surface area (Å²) in [5.41, 5.74) is 2.34. The molecule has 5 heteroatoms. The topological polar surface area (TPSA) is 38.1 Å². The predicted octanol–water partition coefficient (Wildman–Crippen LogP) is 4.57. The van der Waals surface area contributed by atoms with E-state index >= 15 is 0 Å². The summed E-state index contributed by atoms with van der Waals surface area (Å²) in [5, 5.41) is 1.02. The average molecular weight is 364 g/mol. The molecule has 3 rings (SSSR count). The first-order valence-corrected chi connectivity index (χ1v) is 11.1. The third-order valence-corrected chi connectivity index (χ3v) is 7.01. The number of aryl methyl sites for hydroxylation is 1. The van der Waals surface area contributed by atoms with Crippen LogP contribution in [0.4, 0.5) is 0 Å². The molecule has 1 aromatic rings. The largest absolute Gasteiger partial charge is 0.339 e. The third-order valence-electron chi connectivity index (χ3n) is 6.05. The lowest BCUT2D eigenvalue weighted by atomic mass is 9.78. The zero-order chi connectivity index (χ0) is 17.8. The Morgan fingerprint density at radius 1 is 1.20 bits per heavy atom. The van der Waals surface area contributed by atoms with Crippen molar-refractivity contribution in [1.82, 2.24) is 14.5 Å². The minimum Gasteiger partial charge on any atom is -0.339 e. The molecular formula is C20H33N3OS. The second-order valence-electron chi connectivity index (χ2n) is 7.70. The molecule has 0 aromatic carbocycles. The van der Waals surface area contributed by atoms with E-state index in [1.54, 1.807) is 11.8 Å². The first kappa shape index (κ1) is 18.8. The van der Waals surface area contributed by atoms with Gasteiger partial charge in [-0.1, -0.05) is 37.9 Å². The van der Waals surface area contributed by atoms with Crippen LogP contribution in [0.1, 0.15) is 69.7 Å². The minimum absolute atomic E-state index is 0.321. The van der Waals surface area contributed by atoms with Gasteiger partial charge in [0.15, 0.2) is 5.16 Å². The highest BCUT2D eigenvalue weighted by Gasteiger charge is 2.35. The molecule has 1 aromatic heterocycles. The number of aromatic nitrogens is 2. The van der Waals surface area contributed by atoms with Gasteiger partial charge in [-0.15, -0.1) is 0 Å². The molecule has 1 saturated carbocycles. The van der Waals surface area contributed by atoms with Crippen molar-refractivity contribution in [3.8, 4) is 0 Å². The molecule has 1 aliphatic heterocycles. The van der Waals surface area contributed by atoms with Crippen LogP contribution in [-0.4, -0.2) is 38.7 Å². The van der Waals surface area contributed by atoms with E-state index in [1.807, 2.05) is 0 Å². The van der Waals surface area contributed by atoms with Gasteiger partial charge in [0.2, 0.25) is 5.91 Å². The quantitative estimate of drug-likeness (QED) is 0.695. The number of fused-ring (bicyclic) bond motifs is 1. The molecule has 2 aliphatic rings. The van der Waals surface area contributed by atoms with Crippen LogP contribution in [0.15, 0.2) is 5.16 Å². The molecule has 0 spiro atoms. The number of thioether (sulfide) groups is 1. The van der Waals surface area contributed by atoms with Gasteiger partial charge < -0.3 is 9.47 Å². The highest BCUT2D eigenvalue weighted by molar-refractivity contribution is 7.99. The second kappa shape index (κ2) is 8.61. The van der Waals surface area contributed by atoms with Crippen LogP contribution in [0.5, 0.6) is 0 Å². The molecule has 25 heavy (non-hydrogen) atoms. The first-order valence-electron chi connectivity index (χ1n) is 10.1. The molecule has 1 amide bonds. The Bertz CT molecular complexity index is 596. The number of imidazole rings is 1. The smallest absolute Gasteiger partial charge is 0.233 e. The molecule has 0 radical (unpaired) electrons. The van der Waals surface area contributed by atoms with Crippen LogP contribution in [-0.2, 0) is 11.3 Å². The van der Waals surface area contributed by atoms with E-state index in [0.717, 1.165) is 36.3 Å². The Kier molecular flexibility index (Phi) is 6.48. The summed E-state index contributed by atoms with van der Waals surface area (Å²) in [7, 11) is 0. The number of nitrogens with zero attached hydrogens (tertiary/aromatic N) is 3. The van der Waals surface area contributed by atoms with Crippen molar-refractivity contribution in [2.45, 2.75) is 89.9 Å². The number of hydrogen-bond acceptors (Lipinski definition) is 3. The SMILES string of the molecule is CCCCn1c(SCC(=O)N2CCCC3CCCCC32)nc(C)c1C. The molecule has 2 atom stereocenters. The van der Waals surface area contributed by atoms with Crippen molar-refractivity contribution in [2.75, 3.05) is 12.3 Å². The molecular weight excluding hydrogens is 330 g/mol. The summed E-state index contributed by atoms with van der Waals surface area (Å²) in [6.07, 6.45) is 10.0. The molecule has 1 saturated heterocycles. The molecule has 0 bridgehead atoms. The van der Waals surface area contributed by atoms with Crippen molar-refractivity contribution in [2.24, 2.45) is 5.92 Å². The fourth-order valence-electron chi connectivity index (χ4n) is 4.46. The lowest BCUT2D eigenvalue weighted by Crippen LogP contribution is -2.50. The fraction of sp³-hybridized carbons (Fsp3) is 0.800. The van der Waals surface area contributed by atoms with Crippen molar-refractivity contribution >= 4 is 17.7 Å². The number of likely N-dealkylation sites (tertiary alicyclic amines) is 1. The maximum Gasteiger partial charge on any atom is 0.233 e. The summed E-state index contributed by atoms with van der Waals surface area (Å²) in [6, 6.07) is 0.513. The van der Waals surface area contributed by atoms with Gasteiger partial charge >= 0.3 is 0 Å². The van der Waals surface area contributed by atoms with Gasteiger partial charge in [0.25, 0.3) is 0 Å². The molecule has 2 unspecified atom stereocenters. The maximum absolute atomic E-state index is 12.9. The van der Waals surface area contributed by atoms with Crippen LogP contribution in [0, 0.1) is 19.8 Å². The van der Waals surface area contributed by atoms with E-state index in [0.29, 0.717) is 17.7 Å². The highest BCUT2D eigenvalue weighted by Crippen LogP contribution is 2.35. The zero-order valence-electron chi connectivity index (χ0n) is 16.1. The van der Waals surface area contributed by atoms with Crippen molar-refractivity contribution in [1.29, 1.82) is 0 Å². The zero-order valence-corrected chi connectivity index (χ0v) is 16.9. The summed E-state index contributed by atoms with van der Waals surface area (Å²) >= 11 is 1.63. The molecule has 2 fully saturated rings. The Morgan fingerprint density at radius 2 is 1.96 bits per heavy atom. The summed E-state index contributed by atoms with van der Waals surface area (Å²) in [5.74, 6) is 1.61. The van der Waals surface area contributed by atoms with E-state index in [2.05, 4.69) is 30.2 Å². The average Bonchev–Trinajstić information content (AvgIpc) is 2.91. The number of carbonyl (C=O) groups excluding carboxylic acids is 1.